The third-order valence-corrected chi connectivity index (χ3v) is 3.66. The van der Waals surface area contributed by atoms with E-state index in [2.05, 4.69) is 4.98 Å². The fourth-order valence-electron chi connectivity index (χ4n) is 2.53. The van der Waals surface area contributed by atoms with Gasteiger partial charge in [-0.1, -0.05) is 42.5 Å². The van der Waals surface area contributed by atoms with Crippen LogP contribution in [0.4, 0.5) is 13.2 Å². The molecule has 0 bridgehead atoms. The van der Waals surface area contributed by atoms with E-state index in [1.165, 1.54) is 36.4 Å². The number of hydrogen-bond donors (Lipinski definition) is 0. The molecule has 0 radical (unpaired) electrons. The van der Waals surface area contributed by atoms with Crippen molar-refractivity contribution in [1.29, 1.82) is 0 Å². The summed E-state index contributed by atoms with van der Waals surface area (Å²) in [6.07, 6.45) is -1.86. The molecular formula is C19H11F3NO2-. The van der Waals surface area contributed by atoms with Gasteiger partial charge in [-0.15, -0.1) is 0 Å². The lowest BCUT2D eigenvalue weighted by Crippen LogP contribution is -2.22. The maximum Gasteiger partial charge on any atom is 0.416 e. The van der Waals surface area contributed by atoms with E-state index in [0.29, 0.717) is 10.9 Å². The predicted octanol–water partition coefficient (Wildman–Crippen LogP) is 3.79. The molecular weight excluding hydrogens is 331 g/mol. The van der Waals surface area contributed by atoms with Crippen LogP contribution in [-0.4, -0.2) is 11.0 Å². The van der Waals surface area contributed by atoms with E-state index < -0.39 is 17.7 Å². The molecule has 1 aromatic heterocycles. The highest BCUT2D eigenvalue weighted by molar-refractivity contribution is 6.02. The molecule has 3 rings (SSSR count). The van der Waals surface area contributed by atoms with Gasteiger partial charge in [-0.25, -0.2) is 4.98 Å². The minimum absolute atomic E-state index is 0.0278. The average molecular weight is 342 g/mol. The van der Waals surface area contributed by atoms with Crippen molar-refractivity contribution in [1.82, 2.24) is 4.98 Å². The van der Waals surface area contributed by atoms with Gasteiger partial charge >= 0.3 is 6.18 Å². The quantitative estimate of drug-likeness (QED) is 0.728. The first-order chi connectivity index (χ1) is 11.9. The SMILES string of the molecule is O=C([O-])c1cc(/C=C/c2ccccc2C(F)(F)F)nc2ccccc12. The van der Waals surface area contributed by atoms with Crippen molar-refractivity contribution in [2.45, 2.75) is 6.18 Å². The van der Waals surface area contributed by atoms with Crippen LogP contribution in [0, 0.1) is 0 Å². The van der Waals surface area contributed by atoms with Gasteiger partial charge in [-0.3, -0.25) is 0 Å². The number of aromatic nitrogens is 1. The number of pyridine rings is 1. The summed E-state index contributed by atoms with van der Waals surface area (Å²) in [6, 6.07) is 13.0. The number of aromatic carboxylic acids is 1. The van der Waals surface area contributed by atoms with E-state index in [1.54, 1.807) is 24.3 Å². The molecule has 0 N–H and O–H groups in total. The molecule has 0 unspecified atom stereocenters. The molecule has 0 spiro atoms. The highest BCUT2D eigenvalue weighted by Gasteiger charge is 2.32. The fourth-order valence-corrected chi connectivity index (χ4v) is 2.53. The van der Waals surface area contributed by atoms with Crippen molar-refractivity contribution in [3.63, 3.8) is 0 Å². The number of nitrogens with zero attached hydrogens (tertiary/aromatic N) is 1. The molecule has 6 heteroatoms. The van der Waals surface area contributed by atoms with Crippen LogP contribution in [0.2, 0.25) is 0 Å². The Morgan fingerprint density at radius 3 is 2.40 bits per heavy atom. The fraction of sp³-hybridized carbons (Fsp3) is 0.0526. The lowest BCUT2D eigenvalue weighted by atomic mass is 10.0. The van der Waals surface area contributed by atoms with E-state index in [4.69, 9.17) is 0 Å². The van der Waals surface area contributed by atoms with Crippen LogP contribution in [-0.2, 0) is 6.18 Å². The number of alkyl halides is 3. The summed E-state index contributed by atoms with van der Waals surface area (Å²) >= 11 is 0. The van der Waals surface area contributed by atoms with Crippen LogP contribution in [0.5, 0.6) is 0 Å². The van der Waals surface area contributed by atoms with Crippen molar-refractivity contribution >= 4 is 29.0 Å². The summed E-state index contributed by atoms with van der Waals surface area (Å²) in [4.78, 5) is 15.6. The maximum atomic E-state index is 13.0. The zero-order valence-corrected chi connectivity index (χ0v) is 12.7. The Labute approximate surface area is 141 Å². The van der Waals surface area contributed by atoms with Gasteiger partial charge in [-0.2, -0.15) is 13.2 Å². The summed E-state index contributed by atoms with van der Waals surface area (Å²) in [5.41, 5.74) is -0.204. The first-order valence-corrected chi connectivity index (χ1v) is 7.32. The molecule has 0 aliphatic heterocycles. The van der Waals surface area contributed by atoms with Gasteiger partial charge in [0.05, 0.1) is 22.7 Å². The number of carboxylic acids is 1. The third kappa shape index (κ3) is 3.52. The first kappa shape index (κ1) is 16.7. The molecule has 0 amide bonds. The second kappa shape index (κ2) is 6.39. The summed E-state index contributed by atoms with van der Waals surface area (Å²) in [6.45, 7) is 0. The summed E-state index contributed by atoms with van der Waals surface area (Å²) < 4.78 is 39.1. The normalized spacial score (nSPS) is 12.0. The molecule has 2 aromatic carbocycles. The number of para-hydroxylation sites is 1. The Morgan fingerprint density at radius 2 is 1.68 bits per heavy atom. The Bertz CT molecular complexity index is 978. The van der Waals surface area contributed by atoms with Crippen molar-refractivity contribution in [3.8, 4) is 0 Å². The molecule has 25 heavy (non-hydrogen) atoms. The van der Waals surface area contributed by atoms with Gasteiger partial charge in [-0.05, 0) is 29.8 Å². The number of halogens is 3. The van der Waals surface area contributed by atoms with E-state index in [0.717, 1.165) is 6.07 Å². The lowest BCUT2D eigenvalue weighted by molar-refractivity contribution is -0.254. The molecule has 0 aliphatic carbocycles. The number of benzene rings is 2. The van der Waals surface area contributed by atoms with Gasteiger partial charge in [0.15, 0.2) is 0 Å². The van der Waals surface area contributed by atoms with E-state index in [1.807, 2.05) is 0 Å². The standard InChI is InChI=1S/C19H12F3NO2/c20-19(21,22)16-7-3-1-5-12(16)9-10-13-11-15(18(24)25)14-6-2-4-8-17(14)23-13/h1-11H,(H,24,25)/p-1/b10-9+. The zero-order valence-electron chi connectivity index (χ0n) is 12.7. The monoisotopic (exact) mass is 342 g/mol. The summed E-state index contributed by atoms with van der Waals surface area (Å²) in [5, 5.41) is 11.7. The van der Waals surface area contributed by atoms with Crippen LogP contribution in [0.15, 0.2) is 54.6 Å². The number of hydrogen-bond acceptors (Lipinski definition) is 3. The minimum atomic E-state index is -4.48. The summed E-state index contributed by atoms with van der Waals surface area (Å²) in [7, 11) is 0. The minimum Gasteiger partial charge on any atom is -0.545 e. The van der Waals surface area contributed by atoms with Crippen molar-refractivity contribution in [2.75, 3.05) is 0 Å². The topological polar surface area (TPSA) is 53.0 Å². The van der Waals surface area contributed by atoms with Crippen molar-refractivity contribution < 1.29 is 23.1 Å². The molecule has 126 valence electrons. The molecule has 0 saturated heterocycles. The Morgan fingerprint density at radius 1 is 1.00 bits per heavy atom. The van der Waals surface area contributed by atoms with Crippen molar-refractivity contribution in [3.05, 3.63) is 77.0 Å². The van der Waals surface area contributed by atoms with Gasteiger partial charge < -0.3 is 9.90 Å². The Balaban J connectivity index is 2.07. The summed E-state index contributed by atoms with van der Waals surface area (Å²) in [5.74, 6) is -1.37. The van der Waals surface area contributed by atoms with Crippen LogP contribution in [0.25, 0.3) is 23.1 Å². The van der Waals surface area contributed by atoms with Crippen LogP contribution in [0.1, 0.15) is 27.2 Å². The third-order valence-electron chi connectivity index (χ3n) is 3.66. The molecule has 0 fully saturated rings. The number of carbonyl (C=O) groups excluding carboxylic acids is 1. The van der Waals surface area contributed by atoms with Crippen LogP contribution in [0.3, 0.4) is 0 Å². The van der Waals surface area contributed by atoms with E-state index in [-0.39, 0.29) is 16.8 Å². The second-order valence-corrected chi connectivity index (χ2v) is 5.32. The number of fused-ring (bicyclic) bond motifs is 1. The van der Waals surface area contributed by atoms with Gasteiger partial charge in [0, 0.05) is 10.9 Å². The predicted molar refractivity (Wildman–Crippen MR) is 86.4 cm³/mol. The second-order valence-electron chi connectivity index (χ2n) is 5.32. The Hall–Kier alpha value is -3.15. The molecule has 3 aromatic rings. The zero-order chi connectivity index (χ0) is 18.0. The molecule has 3 nitrogen and oxygen atoms in total. The molecule has 0 atom stereocenters. The van der Waals surface area contributed by atoms with E-state index in [9.17, 15) is 23.1 Å². The van der Waals surface area contributed by atoms with Crippen LogP contribution < -0.4 is 5.11 Å². The Kier molecular flexibility index (Phi) is 4.27. The number of carbonyl (C=O) groups is 1. The smallest absolute Gasteiger partial charge is 0.416 e. The van der Waals surface area contributed by atoms with Gasteiger partial charge in [0.25, 0.3) is 0 Å². The van der Waals surface area contributed by atoms with E-state index >= 15 is 0 Å². The van der Waals surface area contributed by atoms with Gasteiger partial charge in [0.2, 0.25) is 0 Å². The highest BCUT2D eigenvalue weighted by atomic mass is 19.4. The first-order valence-electron chi connectivity index (χ1n) is 7.32. The highest BCUT2D eigenvalue weighted by Crippen LogP contribution is 2.32. The van der Waals surface area contributed by atoms with Gasteiger partial charge in [0.1, 0.15) is 0 Å². The van der Waals surface area contributed by atoms with Crippen LogP contribution >= 0.6 is 0 Å². The largest absolute Gasteiger partial charge is 0.545 e. The average Bonchev–Trinajstić information content (AvgIpc) is 2.58. The lowest BCUT2D eigenvalue weighted by Gasteiger charge is -2.10. The molecule has 0 saturated carbocycles. The number of carboxylic acid groups (broad SMARTS) is 1. The maximum absolute atomic E-state index is 13.0. The van der Waals surface area contributed by atoms with Crippen molar-refractivity contribution in [2.24, 2.45) is 0 Å². The molecule has 1 heterocycles. The molecule has 0 aliphatic rings. The number of rotatable bonds is 3.